The Hall–Kier alpha value is -1.52. The zero-order chi connectivity index (χ0) is 13.5. The van der Waals surface area contributed by atoms with Gasteiger partial charge in [0.2, 0.25) is 0 Å². The highest BCUT2D eigenvalue weighted by Crippen LogP contribution is 2.14. The summed E-state index contributed by atoms with van der Waals surface area (Å²) >= 11 is 7.51. The van der Waals surface area contributed by atoms with Gasteiger partial charge >= 0.3 is 5.97 Å². The Morgan fingerprint density at radius 2 is 2.21 bits per heavy atom. The standard InChI is InChI=1S/C14H14ClNO2S/c15-11-3-1-4-12(9-11)16-10-14(17)18-7-6-13-5-2-8-19-13/h1-5,8-9,16H,6-7,10H2. The summed E-state index contributed by atoms with van der Waals surface area (Å²) in [5, 5.41) is 5.62. The summed E-state index contributed by atoms with van der Waals surface area (Å²) in [6.07, 6.45) is 0.764. The molecule has 0 bridgehead atoms. The third kappa shape index (κ3) is 4.93. The number of ether oxygens (including phenoxy) is 1. The number of hydrogen-bond donors (Lipinski definition) is 1. The van der Waals surface area contributed by atoms with Crippen LogP contribution >= 0.6 is 22.9 Å². The number of rotatable bonds is 6. The van der Waals surface area contributed by atoms with Gasteiger partial charge in [-0.1, -0.05) is 23.7 Å². The molecule has 5 heteroatoms. The van der Waals surface area contributed by atoms with Crippen molar-refractivity contribution in [2.24, 2.45) is 0 Å². The minimum atomic E-state index is -0.267. The van der Waals surface area contributed by atoms with Crippen molar-refractivity contribution in [1.82, 2.24) is 0 Å². The molecule has 0 amide bonds. The number of esters is 1. The summed E-state index contributed by atoms with van der Waals surface area (Å²) in [6.45, 7) is 0.557. The maximum atomic E-state index is 11.5. The van der Waals surface area contributed by atoms with Gasteiger partial charge in [-0.25, -0.2) is 0 Å². The number of nitrogens with one attached hydrogen (secondary N) is 1. The van der Waals surface area contributed by atoms with Crippen LogP contribution in [0.1, 0.15) is 4.88 Å². The van der Waals surface area contributed by atoms with Crippen molar-refractivity contribution in [3.05, 3.63) is 51.7 Å². The first kappa shape index (κ1) is 13.9. The zero-order valence-corrected chi connectivity index (χ0v) is 11.8. The van der Waals surface area contributed by atoms with Crippen molar-refractivity contribution in [3.8, 4) is 0 Å². The second kappa shape index (κ2) is 7.16. The van der Waals surface area contributed by atoms with Gasteiger partial charge < -0.3 is 10.1 Å². The molecule has 0 unspecified atom stereocenters. The zero-order valence-electron chi connectivity index (χ0n) is 10.3. The van der Waals surface area contributed by atoms with E-state index in [1.807, 2.05) is 29.6 Å². The summed E-state index contributed by atoms with van der Waals surface area (Å²) in [6, 6.07) is 11.2. The van der Waals surface area contributed by atoms with Gasteiger partial charge in [0.15, 0.2) is 0 Å². The number of halogens is 1. The fourth-order valence-corrected chi connectivity index (χ4v) is 2.42. The quantitative estimate of drug-likeness (QED) is 0.828. The molecule has 1 N–H and O–H groups in total. The van der Waals surface area contributed by atoms with E-state index in [9.17, 15) is 4.79 Å². The second-order valence-corrected chi connectivity index (χ2v) is 5.38. The van der Waals surface area contributed by atoms with Crippen molar-refractivity contribution in [1.29, 1.82) is 0 Å². The average Bonchev–Trinajstić information content (AvgIpc) is 2.90. The van der Waals surface area contributed by atoms with Crippen LogP contribution in [-0.4, -0.2) is 19.1 Å². The molecule has 0 spiro atoms. The predicted molar refractivity (Wildman–Crippen MR) is 78.9 cm³/mol. The monoisotopic (exact) mass is 295 g/mol. The van der Waals surface area contributed by atoms with E-state index in [4.69, 9.17) is 16.3 Å². The molecule has 3 nitrogen and oxygen atoms in total. The van der Waals surface area contributed by atoms with E-state index in [2.05, 4.69) is 5.32 Å². The number of carbonyl (C=O) groups is 1. The maximum absolute atomic E-state index is 11.5. The van der Waals surface area contributed by atoms with Gasteiger partial charge in [0, 0.05) is 22.0 Å². The van der Waals surface area contributed by atoms with Crippen LogP contribution in [0.2, 0.25) is 5.02 Å². The smallest absolute Gasteiger partial charge is 0.325 e. The molecular weight excluding hydrogens is 282 g/mol. The first-order valence-electron chi connectivity index (χ1n) is 5.91. The van der Waals surface area contributed by atoms with Gasteiger partial charge in [0.1, 0.15) is 6.54 Å². The van der Waals surface area contributed by atoms with E-state index in [0.717, 1.165) is 12.1 Å². The van der Waals surface area contributed by atoms with E-state index in [0.29, 0.717) is 11.6 Å². The summed E-state index contributed by atoms with van der Waals surface area (Å²) in [5.41, 5.74) is 0.808. The molecule has 1 heterocycles. The summed E-state index contributed by atoms with van der Waals surface area (Å²) in [7, 11) is 0. The molecule has 2 aromatic rings. The largest absolute Gasteiger partial charge is 0.464 e. The molecule has 0 atom stereocenters. The van der Waals surface area contributed by atoms with Gasteiger partial charge in [-0.2, -0.15) is 0 Å². The van der Waals surface area contributed by atoms with Gasteiger partial charge in [0.25, 0.3) is 0 Å². The number of benzene rings is 1. The number of thiophene rings is 1. The minimum absolute atomic E-state index is 0.144. The molecular formula is C14H14ClNO2S. The lowest BCUT2D eigenvalue weighted by molar-refractivity contribution is -0.141. The molecule has 2 rings (SSSR count). The van der Waals surface area contributed by atoms with Gasteiger partial charge in [-0.05, 0) is 29.6 Å². The summed E-state index contributed by atoms with van der Waals surface area (Å²) in [4.78, 5) is 12.7. The lowest BCUT2D eigenvalue weighted by Crippen LogP contribution is -2.17. The highest BCUT2D eigenvalue weighted by molar-refractivity contribution is 7.09. The molecule has 100 valence electrons. The third-order valence-electron chi connectivity index (χ3n) is 2.45. The Morgan fingerprint density at radius 1 is 1.32 bits per heavy atom. The van der Waals surface area contributed by atoms with Crippen LogP contribution in [0.4, 0.5) is 5.69 Å². The topological polar surface area (TPSA) is 38.3 Å². The second-order valence-electron chi connectivity index (χ2n) is 3.91. The lowest BCUT2D eigenvalue weighted by atomic mass is 10.3. The number of carbonyl (C=O) groups excluding carboxylic acids is 1. The lowest BCUT2D eigenvalue weighted by Gasteiger charge is -2.07. The molecule has 0 saturated carbocycles. The van der Waals surface area contributed by atoms with E-state index in [1.54, 1.807) is 23.5 Å². The van der Waals surface area contributed by atoms with Crippen LogP contribution in [-0.2, 0) is 16.0 Å². The van der Waals surface area contributed by atoms with Gasteiger partial charge in [-0.15, -0.1) is 11.3 Å². The molecule has 0 aliphatic heterocycles. The number of anilines is 1. The molecule has 0 fully saturated rings. The molecule has 1 aromatic carbocycles. The fourth-order valence-electron chi connectivity index (χ4n) is 1.54. The minimum Gasteiger partial charge on any atom is -0.464 e. The fraction of sp³-hybridized carbons (Fsp3) is 0.214. The Bertz CT molecular complexity index is 528. The average molecular weight is 296 g/mol. The van der Waals surface area contributed by atoms with E-state index < -0.39 is 0 Å². The first-order chi connectivity index (χ1) is 9.24. The number of hydrogen-bond acceptors (Lipinski definition) is 4. The van der Waals surface area contributed by atoms with Crippen LogP contribution in [0, 0.1) is 0 Å². The Balaban J connectivity index is 1.67. The van der Waals surface area contributed by atoms with Crippen LogP contribution in [0.3, 0.4) is 0 Å². The molecule has 0 radical (unpaired) electrons. The van der Waals surface area contributed by atoms with Crippen molar-refractivity contribution in [2.75, 3.05) is 18.5 Å². The highest BCUT2D eigenvalue weighted by Gasteiger charge is 2.03. The third-order valence-corrected chi connectivity index (χ3v) is 3.62. The van der Waals surface area contributed by atoms with Gasteiger partial charge in [0.05, 0.1) is 6.61 Å². The summed E-state index contributed by atoms with van der Waals surface area (Å²) < 4.78 is 5.14. The summed E-state index contributed by atoms with van der Waals surface area (Å²) in [5.74, 6) is -0.267. The van der Waals surface area contributed by atoms with Crippen LogP contribution < -0.4 is 5.32 Å². The van der Waals surface area contributed by atoms with Crippen molar-refractivity contribution in [2.45, 2.75) is 6.42 Å². The highest BCUT2D eigenvalue weighted by atomic mass is 35.5. The normalized spacial score (nSPS) is 10.2. The van der Waals surface area contributed by atoms with Crippen LogP contribution in [0.15, 0.2) is 41.8 Å². The first-order valence-corrected chi connectivity index (χ1v) is 7.17. The molecule has 0 aliphatic carbocycles. The predicted octanol–water partition coefficient (Wildman–Crippen LogP) is 3.60. The molecule has 1 aromatic heterocycles. The Labute approximate surface area is 121 Å². The SMILES string of the molecule is O=C(CNc1cccc(Cl)c1)OCCc1cccs1. The van der Waals surface area contributed by atoms with Crippen molar-refractivity contribution in [3.63, 3.8) is 0 Å². The van der Waals surface area contributed by atoms with Crippen LogP contribution in [0.5, 0.6) is 0 Å². The molecule has 0 aliphatic rings. The van der Waals surface area contributed by atoms with E-state index in [1.165, 1.54) is 4.88 Å². The Kier molecular flexibility index (Phi) is 5.24. The van der Waals surface area contributed by atoms with Crippen molar-refractivity contribution < 1.29 is 9.53 Å². The van der Waals surface area contributed by atoms with Crippen LogP contribution in [0.25, 0.3) is 0 Å². The molecule has 0 saturated heterocycles. The van der Waals surface area contributed by atoms with E-state index >= 15 is 0 Å². The maximum Gasteiger partial charge on any atom is 0.325 e. The van der Waals surface area contributed by atoms with Crippen molar-refractivity contribution >= 4 is 34.6 Å². The van der Waals surface area contributed by atoms with E-state index in [-0.39, 0.29) is 12.5 Å². The Morgan fingerprint density at radius 3 is 2.95 bits per heavy atom. The molecule has 19 heavy (non-hydrogen) atoms. The van der Waals surface area contributed by atoms with Gasteiger partial charge in [-0.3, -0.25) is 4.79 Å².